The van der Waals surface area contributed by atoms with Crippen molar-refractivity contribution in [1.29, 1.82) is 0 Å². The van der Waals surface area contributed by atoms with Gasteiger partial charge in [0.05, 0.1) is 0 Å². The normalized spacial score (nSPS) is 12.2. The molecule has 1 aromatic carbocycles. The number of rotatable bonds is 4. The minimum atomic E-state index is 0.158. The van der Waals surface area contributed by atoms with Gasteiger partial charge < -0.3 is 5.73 Å². The third-order valence-corrected chi connectivity index (χ3v) is 2.89. The first-order valence-electron chi connectivity index (χ1n) is 4.77. The molecular weight excluding hydrogens is 190 g/mol. The number of thioether (sulfide) groups is 1. The molecule has 0 aliphatic heterocycles. The molecule has 0 aliphatic carbocycles. The summed E-state index contributed by atoms with van der Waals surface area (Å²) >= 11 is 1.80. The lowest BCUT2D eigenvalue weighted by atomic mass is 10.2. The van der Waals surface area contributed by atoms with Gasteiger partial charge in [-0.05, 0) is 26.0 Å². The average molecular weight is 207 g/mol. The maximum atomic E-state index is 5.93. The van der Waals surface area contributed by atoms with Crippen molar-refractivity contribution in [1.82, 2.24) is 0 Å². The van der Waals surface area contributed by atoms with Crippen molar-refractivity contribution in [2.45, 2.75) is 24.8 Å². The van der Waals surface area contributed by atoms with Gasteiger partial charge in [-0.3, -0.25) is 0 Å². The van der Waals surface area contributed by atoms with Crippen molar-refractivity contribution in [3.8, 4) is 0 Å². The summed E-state index contributed by atoms with van der Waals surface area (Å²) in [4.78, 5) is 1.28. The van der Waals surface area contributed by atoms with Crippen molar-refractivity contribution in [2.24, 2.45) is 5.73 Å². The molecule has 0 fully saturated rings. The third kappa shape index (κ3) is 4.49. The van der Waals surface area contributed by atoms with Gasteiger partial charge in [-0.15, -0.1) is 11.8 Å². The molecular formula is C12H17NS. The van der Waals surface area contributed by atoms with Gasteiger partial charge in [0.2, 0.25) is 0 Å². The predicted molar refractivity (Wildman–Crippen MR) is 64.6 cm³/mol. The number of hydrogen-bond donors (Lipinski definition) is 1. The Bertz CT molecular complexity index is 288. The summed E-state index contributed by atoms with van der Waals surface area (Å²) in [7, 11) is 0. The highest BCUT2D eigenvalue weighted by Crippen LogP contribution is 2.17. The van der Waals surface area contributed by atoms with Gasteiger partial charge in [-0.1, -0.05) is 29.8 Å². The standard InChI is InChI=1S/C12H17NS/c1-10(2)8-11(13)9-14-12-6-4-3-5-7-12/h3-8,11H,9,13H2,1-2H3. The van der Waals surface area contributed by atoms with Crippen LogP contribution in [0.25, 0.3) is 0 Å². The van der Waals surface area contributed by atoms with Crippen LogP contribution in [0.5, 0.6) is 0 Å². The second-order valence-electron chi connectivity index (χ2n) is 3.53. The van der Waals surface area contributed by atoms with Crippen LogP contribution in [0.3, 0.4) is 0 Å². The van der Waals surface area contributed by atoms with Crippen LogP contribution in [0.4, 0.5) is 0 Å². The zero-order chi connectivity index (χ0) is 10.4. The Kier molecular flexibility index (Phi) is 4.77. The highest BCUT2D eigenvalue weighted by Gasteiger charge is 1.99. The zero-order valence-corrected chi connectivity index (χ0v) is 9.55. The van der Waals surface area contributed by atoms with Crippen molar-refractivity contribution >= 4 is 11.8 Å². The molecule has 0 heterocycles. The summed E-state index contributed by atoms with van der Waals surface area (Å²) < 4.78 is 0. The Hall–Kier alpha value is -0.730. The second-order valence-corrected chi connectivity index (χ2v) is 4.63. The van der Waals surface area contributed by atoms with Crippen LogP contribution in [-0.2, 0) is 0 Å². The molecule has 0 saturated heterocycles. The maximum absolute atomic E-state index is 5.93. The molecule has 1 unspecified atom stereocenters. The van der Waals surface area contributed by atoms with Gasteiger partial charge in [0.15, 0.2) is 0 Å². The van der Waals surface area contributed by atoms with Crippen LogP contribution in [0, 0.1) is 0 Å². The quantitative estimate of drug-likeness (QED) is 0.606. The third-order valence-electron chi connectivity index (χ3n) is 1.73. The highest BCUT2D eigenvalue weighted by molar-refractivity contribution is 7.99. The summed E-state index contributed by atoms with van der Waals surface area (Å²) in [6, 6.07) is 10.5. The van der Waals surface area contributed by atoms with E-state index in [1.165, 1.54) is 10.5 Å². The molecule has 0 aliphatic rings. The molecule has 14 heavy (non-hydrogen) atoms. The largest absolute Gasteiger partial charge is 0.324 e. The fraction of sp³-hybridized carbons (Fsp3) is 0.333. The van der Waals surface area contributed by atoms with E-state index >= 15 is 0 Å². The van der Waals surface area contributed by atoms with Crippen LogP contribution >= 0.6 is 11.8 Å². The summed E-state index contributed by atoms with van der Waals surface area (Å²) in [5, 5.41) is 0. The molecule has 1 atom stereocenters. The Labute approximate surface area is 90.4 Å². The Morgan fingerprint density at radius 3 is 2.57 bits per heavy atom. The molecule has 2 heteroatoms. The Balaban J connectivity index is 2.38. The van der Waals surface area contributed by atoms with E-state index in [9.17, 15) is 0 Å². The van der Waals surface area contributed by atoms with E-state index in [0.717, 1.165) is 5.75 Å². The van der Waals surface area contributed by atoms with Crippen molar-refractivity contribution in [2.75, 3.05) is 5.75 Å². The van der Waals surface area contributed by atoms with Gasteiger partial charge in [0.25, 0.3) is 0 Å². The number of benzene rings is 1. The van der Waals surface area contributed by atoms with Gasteiger partial charge in [-0.25, -0.2) is 0 Å². The molecule has 1 nitrogen and oxygen atoms in total. The minimum absolute atomic E-state index is 0.158. The first kappa shape index (κ1) is 11.3. The first-order chi connectivity index (χ1) is 6.68. The van der Waals surface area contributed by atoms with Gasteiger partial charge in [0.1, 0.15) is 0 Å². The van der Waals surface area contributed by atoms with Gasteiger partial charge in [0, 0.05) is 16.7 Å². The predicted octanol–water partition coefficient (Wildman–Crippen LogP) is 3.07. The lowest BCUT2D eigenvalue weighted by molar-refractivity contribution is 0.927. The number of allylic oxidation sites excluding steroid dienone is 1. The molecule has 0 radical (unpaired) electrons. The minimum Gasteiger partial charge on any atom is -0.324 e. The average Bonchev–Trinajstić information content (AvgIpc) is 2.15. The van der Waals surface area contributed by atoms with E-state index in [-0.39, 0.29) is 6.04 Å². The van der Waals surface area contributed by atoms with Gasteiger partial charge in [-0.2, -0.15) is 0 Å². The van der Waals surface area contributed by atoms with E-state index in [0.29, 0.717) is 0 Å². The van der Waals surface area contributed by atoms with Gasteiger partial charge >= 0.3 is 0 Å². The smallest absolute Gasteiger partial charge is 0.0321 e. The molecule has 1 rings (SSSR count). The summed E-state index contributed by atoms with van der Waals surface area (Å²) in [6.07, 6.45) is 2.11. The number of nitrogens with two attached hydrogens (primary N) is 1. The second kappa shape index (κ2) is 5.89. The molecule has 0 aromatic heterocycles. The molecule has 76 valence electrons. The Morgan fingerprint density at radius 1 is 1.36 bits per heavy atom. The SMILES string of the molecule is CC(C)=CC(N)CSc1ccccc1. The first-order valence-corrected chi connectivity index (χ1v) is 5.75. The van der Waals surface area contributed by atoms with Crippen molar-refractivity contribution < 1.29 is 0 Å². The van der Waals surface area contributed by atoms with E-state index in [4.69, 9.17) is 5.73 Å². The van der Waals surface area contributed by atoms with Crippen LogP contribution < -0.4 is 5.73 Å². The van der Waals surface area contributed by atoms with E-state index < -0.39 is 0 Å². The van der Waals surface area contributed by atoms with E-state index in [1.807, 2.05) is 6.07 Å². The van der Waals surface area contributed by atoms with E-state index in [1.54, 1.807) is 11.8 Å². The van der Waals surface area contributed by atoms with Crippen LogP contribution in [0.15, 0.2) is 46.9 Å². The van der Waals surface area contributed by atoms with Crippen LogP contribution in [-0.4, -0.2) is 11.8 Å². The molecule has 0 bridgehead atoms. The zero-order valence-electron chi connectivity index (χ0n) is 8.73. The lowest BCUT2D eigenvalue weighted by Gasteiger charge is -2.06. The molecule has 2 N–H and O–H groups in total. The van der Waals surface area contributed by atoms with E-state index in [2.05, 4.69) is 44.2 Å². The monoisotopic (exact) mass is 207 g/mol. The highest BCUT2D eigenvalue weighted by atomic mass is 32.2. The molecule has 0 spiro atoms. The van der Waals surface area contributed by atoms with Crippen molar-refractivity contribution in [3.63, 3.8) is 0 Å². The summed E-state index contributed by atoms with van der Waals surface area (Å²) in [6.45, 7) is 4.15. The topological polar surface area (TPSA) is 26.0 Å². The molecule has 0 saturated carbocycles. The maximum Gasteiger partial charge on any atom is 0.0321 e. The summed E-state index contributed by atoms with van der Waals surface area (Å²) in [5.41, 5.74) is 7.21. The molecule has 1 aromatic rings. The van der Waals surface area contributed by atoms with Crippen LogP contribution in [0.1, 0.15) is 13.8 Å². The van der Waals surface area contributed by atoms with Crippen LogP contribution in [0.2, 0.25) is 0 Å². The lowest BCUT2D eigenvalue weighted by Crippen LogP contribution is -2.19. The fourth-order valence-electron chi connectivity index (χ4n) is 1.19. The van der Waals surface area contributed by atoms with Crippen molar-refractivity contribution in [3.05, 3.63) is 42.0 Å². The number of hydrogen-bond acceptors (Lipinski definition) is 2. The Morgan fingerprint density at radius 2 is 2.00 bits per heavy atom. The fourth-order valence-corrected chi connectivity index (χ4v) is 2.02. The molecule has 0 amide bonds. The summed E-state index contributed by atoms with van der Waals surface area (Å²) in [5.74, 6) is 0.940.